The van der Waals surface area contributed by atoms with Gasteiger partial charge in [-0.15, -0.1) is 0 Å². The van der Waals surface area contributed by atoms with Gasteiger partial charge >= 0.3 is 0 Å². The average Bonchev–Trinajstić information content (AvgIpc) is 3.02. The van der Waals surface area contributed by atoms with Crippen LogP contribution in [0.2, 0.25) is 10.0 Å². The molecule has 3 amide bonds. The molecule has 31 heavy (non-hydrogen) atoms. The van der Waals surface area contributed by atoms with Gasteiger partial charge in [-0.3, -0.25) is 19.3 Å². The number of rotatable bonds is 4. The van der Waals surface area contributed by atoms with E-state index >= 15 is 0 Å². The number of imide groups is 1. The van der Waals surface area contributed by atoms with Crippen molar-refractivity contribution in [3.05, 3.63) is 63.9 Å². The van der Waals surface area contributed by atoms with Gasteiger partial charge in [-0.1, -0.05) is 23.2 Å². The van der Waals surface area contributed by atoms with E-state index in [9.17, 15) is 18.8 Å². The van der Waals surface area contributed by atoms with Crippen molar-refractivity contribution in [3.8, 4) is 0 Å². The number of halogens is 3. The highest BCUT2D eigenvalue weighted by Crippen LogP contribution is 2.31. The molecule has 2 aliphatic heterocycles. The molecule has 2 saturated heterocycles. The molecular weight excluding hydrogens is 444 g/mol. The van der Waals surface area contributed by atoms with Gasteiger partial charge in [-0.2, -0.15) is 0 Å². The molecule has 0 aliphatic carbocycles. The molecule has 4 rings (SSSR count). The molecule has 1 atom stereocenters. The highest BCUT2D eigenvalue weighted by atomic mass is 35.5. The molecule has 2 aliphatic rings. The van der Waals surface area contributed by atoms with Crippen LogP contribution < -0.4 is 10.2 Å². The summed E-state index contributed by atoms with van der Waals surface area (Å²) >= 11 is 12.0. The number of carbonyl (C=O) groups excluding carboxylic acids is 3. The summed E-state index contributed by atoms with van der Waals surface area (Å²) in [6, 6.07) is 9.42. The van der Waals surface area contributed by atoms with Crippen molar-refractivity contribution < 1.29 is 18.8 Å². The van der Waals surface area contributed by atoms with Gasteiger partial charge in [0.2, 0.25) is 5.91 Å². The maximum Gasteiger partial charge on any atom is 0.251 e. The maximum absolute atomic E-state index is 13.0. The topological polar surface area (TPSA) is 69.7 Å². The van der Waals surface area contributed by atoms with E-state index in [0.717, 1.165) is 4.90 Å². The van der Waals surface area contributed by atoms with E-state index in [0.29, 0.717) is 47.2 Å². The quantitative estimate of drug-likeness (QED) is 0.702. The third kappa shape index (κ3) is 4.74. The Bertz CT molecular complexity index is 1000. The van der Waals surface area contributed by atoms with Gasteiger partial charge in [0, 0.05) is 34.7 Å². The zero-order chi connectivity index (χ0) is 22.1. The zero-order valence-electron chi connectivity index (χ0n) is 16.5. The monoisotopic (exact) mass is 463 g/mol. The van der Waals surface area contributed by atoms with Crippen LogP contribution in [0.5, 0.6) is 0 Å². The fraction of sp³-hybridized carbons (Fsp3) is 0.318. The summed E-state index contributed by atoms with van der Waals surface area (Å²) in [5, 5.41) is 3.66. The molecule has 2 fully saturated rings. The Balaban J connectivity index is 1.36. The Morgan fingerprint density at radius 1 is 1.00 bits per heavy atom. The second-order valence-corrected chi connectivity index (χ2v) is 8.58. The Morgan fingerprint density at radius 2 is 1.61 bits per heavy atom. The molecule has 0 spiro atoms. The van der Waals surface area contributed by atoms with E-state index in [1.807, 2.05) is 4.90 Å². The fourth-order valence-electron chi connectivity index (χ4n) is 4.07. The summed E-state index contributed by atoms with van der Waals surface area (Å²) < 4.78 is 13.0. The Morgan fingerprint density at radius 3 is 2.23 bits per heavy atom. The van der Waals surface area contributed by atoms with Crippen molar-refractivity contribution in [2.24, 2.45) is 0 Å². The van der Waals surface area contributed by atoms with Crippen molar-refractivity contribution >= 4 is 46.6 Å². The minimum Gasteiger partial charge on any atom is -0.349 e. The van der Waals surface area contributed by atoms with E-state index in [-0.39, 0.29) is 30.2 Å². The van der Waals surface area contributed by atoms with E-state index in [1.54, 1.807) is 18.2 Å². The first-order valence-corrected chi connectivity index (χ1v) is 10.7. The summed E-state index contributed by atoms with van der Waals surface area (Å²) in [5.74, 6) is -1.23. The lowest BCUT2D eigenvalue weighted by atomic mass is 10.0. The number of benzene rings is 2. The van der Waals surface area contributed by atoms with Gasteiger partial charge in [-0.25, -0.2) is 9.29 Å². The second kappa shape index (κ2) is 8.94. The Labute approximate surface area is 188 Å². The van der Waals surface area contributed by atoms with Gasteiger partial charge in [-0.05, 0) is 55.3 Å². The van der Waals surface area contributed by atoms with E-state index in [4.69, 9.17) is 23.2 Å². The molecule has 2 aromatic rings. The molecular formula is C22H20Cl2FN3O3. The number of nitrogens with one attached hydrogen (secondary N) is 1. The molecule has 0 saturated carbocycles. The number of amides is 3. The van der Waals surface area contributed by atoms with Gasteiger partial charge in [0.1, 0.15) is 5.82 Å². The summed E-state index contributed by atoms with van der Waals surface area (Å²) in [6.45, 7) is 1.14. The van der Waals surface area contributed by atoms with Crippen molar-refractivity contribution in [1.29, 1.82) is 0 Å². The summed E-state index contributed by atoms with van der Waals surface area (Å²) in [6.07, 6.45) is 1.39. The predicted octanol–water partition coefficient (Wildman–Crippen LogP) is 3.66. The summed E-state index contributed by atoms with van der Waals surface area (Å²) in [4.78, 5) is 41.0. The first kappa shape index (κ1) is 21.7. The van der Waals surface area contributed by atoms with Crippen LogP contribution in [-0.4, -0.2) is 47.8 Å². The minimum absolute atomic E-state index is 0.0520. The van der Waals surface area contributed by atoms with Crippen LogP contribution in [0.4, 0.5) is 10.1 Å². The lowest BCUT2D eigenvalue weighted by Crippen LogP contribution is -2.50. The number of anilines is 1. The van der Waals surface area contributed by atoms with Crippen LogP contribution in [0, 0.1) is 5.82 Å². The number of carbonyl (C=O) groups is 3. The number of likely N-dealkylation sites (tertiary alicyclic amines) is 1. The van der Waals surface area contributed by atoms with Gasteiger partial charge < -0.3 is 5.32 Å². The van der Waals surface area contributed by atoms with E-state index in [2.05, 4.69) is 5.32 Å². The summed E-state index contributed by atoms with van der Waals surface area (Å²) in [7, 11) is 0. The molecule has 0 bridgehead atoms. The molecule has 0 aromatic heterocycles. The van der Waals surface area contributed by atoms with Crippen LogP contribution in [-0.2, 0) is 9.59 Å². The van der Waals surface area contributed by atoms with Crippen LogP contribution in [0.3, 0.4) is 0 Å². The zero-order valence-corrected chi connectivity index (χ0v) is 18.0. The Kier molecular flexibility index (Phi) is 6.27. The lowest BCUT2D eigenvalue weighted by molar-refractivity contribution is -0.123. The molecule has 1 unspecified atom stereocenters. The van der Waals surface area contributed by atoms with Crippen LogP contribution >= 0.6 is 23.2 Å². The lowest BCUT2D eigenvalue weighted by Gasteiger charge is -2.35. The van der Waals surface area contributed by atoms with Crippen molar-refractivity contribution in [2.75, 3.05) is 18.0 Å². The Hall–Kier alpha value is -2.48. The molecule has 2 heterocycles. The highest BCUT2D eigenvalue weighted by Gasteiger charge is 2.43. The smallest absolute Gasteiger partial charge is 0.251 e. The highest BCUT2D eigenvalue weighted by molar-refractivity contribution is 6.35. The first-order chi connectivity index (χ1) is 14.8. The van der Waals surface area contributed by atoms with Crippen molar-refractivity contribution in [1.82, 2.24) is 10.2 Å². The molecule has 2 aromatic carbocycles. The fourth-order valence-corrected chi connectivity index (χ4v) is 4.58. The minimum atomic E-state index is -0.543. The van der Waals surface area contributed by atoms with Gasteiger partial charge in [0.15, 0.2) is 0 Å². The van der Waals surface area contributed by atoms with E-state index < -0.39 is 11.9 Å². The summed E-state index contributed by atoms with van der Waals surface area (Å²) in [5.41, 5.74) is 0.771. The van der Waals surface area contributed by atoms with Gasteiger partial charge in [0.25, 0.3) is 11.8 Å². The molecule has 0 radical (unpaired) electrons. The number of hydrogen-bond acceptors (Lipinski definition) is 4. The molecule has 6 nitrogen and oxygen atoms in total. The number of hydrogen-bond donors (Lipinski definition) is 1. The standard InChI is InChI=1S/C22H20Cl2FN3O3/c23-14-9-15(24)11-18(10-14)28-20(29)12-19(22(28)31)27-7-5-17(6-8-27)26-21(30)13-1-3-16(25)4-2-13/h1-4,9-11,17,19H,5-8,12H2,(H,26,30). The predicted molar refractivity (Wildman–Crippen MR) is 116 cm³/mol. The molecule has 162 valence electrons. The largest absolute Gasteiger partial charge is 0.349 e. The maximum atomic E-state index is 13.0. The van der Waals surface area contributed by atoms with Crippen molar-refractivity contribution in [3.63, 3.8) is 0 Å². The molecule has 9 heteroatoms. The van der Waals surface area contributed by atoms with Crippen LogP contribution in [0.15, 0.2) is 42.5 Å². The number of piperidine rings is 1. The van der Waals surface area contributed by atoms with Crippen LogP contribution in [0.1, 0.15) is 29.6 Å². The second-order valence-electron chi connectivity index (χ2n) is 7.71. The normalized spacial score (nSPS) is 20.4. The van der Waals surface area contributed by atoms with Crippen molar-refractivity contribution in [2.45, 2.75) is 31.3 Å². The average molecular weight is 464 g/mol. The third-order valence-corrected chi connectivity index (χ3v) is 6.08. The first-order valence-electron chi connectivity index (χ1n) is 9.95. The van der Waals surface area contributed by atoms with Gasteiger partial charge in [0.05, 0.1) is 18.2 Å². The third-order valence-electron chi connectivity index (χ3n) is 5.64. The van der Waals surface area contributed by atoms with E-state index in [1.165, 1.54) is 24.3 Å². The molecule has 1 N–H and O–H groups in total. The SMILES string of the molecule is O=C(NC1CCN(C2CC(=O)N(c3cc(Cl)cc(Cl)c3)C2=O)CC1)c1ccc(F)cc1. The number of nitrogens with zero attached hydrogens (tertiary/aromatic N) is 2. The van der Waals surface area contributed by atoms with Crippen LogP contribution in [0.25, 0.3) is 0 Å².